The molecular weight excluding hydrogens is 371 g/mol. The fourth-order valence-corrected chi connectivity index (χ4v) is 3.50. The number of benzene rings is 2. The van der Waals surface area contributed by atoms with Crippen molar-refractivity contribution >= 4 is 5.91 Å². The van der Waals surface area contributed by atoms with Gasteiger partial charge in [0.25, 0.3) is 5.91 Å². The normalized spacial score (nSPS) is 13.9. The summed E-state index contributed by atoms with van der Waals surface area (Å²) in [4.78, 5) is 19.1. The topological polar surface area (TPSA) is 51.7 Å². The van der Waals surface area contributed by atoms with Gasteiger partial charge in [-0.2, -0.15) is 0 Å². The largest absolute Gasteiger partial charge is 0.497 e. The third-order valence-electron chi connectivity index (χ3n) is 5.03. The van der Waals surface area contributed by atoms with Crippen LogP contribution >= 0.6 is 0 Å². The molecule has 1 atom stereocenters. The highest BCUT2D eigenvalue weighted by Gasteiger charge is 2.34. The lowest BCUT2D eigenvalue weighted by atomic mass is 10.1. The van der Waals surface area contributed by atoms with Gasteiger partial charge in [0, 0.05) is 23.9 Å². The molecule has 0 radical (unpaired) electrons. The maximum absolute atomic E-state index is 13.7. The number of carbonyl (C=O) groups excluding carboxylic acids is 1. The van der Waals surface area contributed by atoms with Gasteiger partial charge in [0.2, 0.25) is 5.88 Å². The standard InChI is InChI=1S/C23H21FN2O3/c1-15-4-3-5-22(25-15)29-14-21(16-7-10-19(28-2)11-8-16)26-13-17-6-9-18(24)12-20(17)23(26)27/h3-12,21H,13-14H2,1-2H3. The van der Waals surface area contributed by atoms with Crippen molar-refractivity contribution in [2.45, 2.75) is 19.5 Å². The number of fused-ring (bicyclic) bond motifs is 1. The zero-order valence-electron chi connectivity index (χ0n) is 16.3. The second-order valence-corrected chi connectivity index (χ2v) is 6.95. The highest BCUT2D eigenvalue weighted by atomic mass is 19.1. The van der Waals surface area contributed by atoms with E-state index in [0.29, 0.717) is 18.0 Å². The van der Waals surface area contributed by atoms with Crippen molar-refractivity contribution in [3.8, 4) is 11.6 Å². The zero-order chi connectivity index (χ0) is 20.4. The van der Waals surface area contributed by atoms with Gasteiger partial charge in [-0.25, -0.2) is 9.37 Å². The van der Waals surface area contributed by atoms with Gasteiger partial charge in [-0.15, -0.1) is 0 Å². The molecule has 1 unspecified atom stereocenters. The van der Waals surface area contributed by atoms with Crippen LogP contribution in [0.4, 0.5) is 4.39 Å². The van der Waals surface area contributed by atoms with Gasteiger partial charge in [-0.1, -0.05) is 24.3 Å². The van der Waals surface area contributed by atoms with E-state index in [1.807, 2.05) is 43.3 Å². The Morgan fingerprint density at radius 2 is 1.93 bits per heavy atom. The zero-order valence-corrected chi connectivity index (χ0v) is 16.3. The van der Waals surface area contributed by atoms with Gasteiger partial charge in [0.15, 0.2) is 0 Å². The summed E-state index contributed by atoms with van der Waals surface area (Å²) >= 11 is 0. The fourth-order valence-electron chi connectivity index (χ4n) is 3.50. The first kappa shape index (κ1) is 18.9. The van der Waals surface area contributed by atoms with Crippen LogP contribution in [0.5, 0.6) is 11.6 Å². The summed E-state index contributed by atoms with van der Waals surface area (Å²) in [6, 6.07) is 17.1. The molecule has 4 rings (SSSR count). The second kappa shape index (κ2) is 7.91. The molecule has 6 heteroatoms. The van der Waals surface area contributed by atoms with E-state index in [1.54, 1.807) is 24.1 Å². The molecule has 148 valence electrons. The Hall–Kier alpha value is -3.41. The molecule has 0 spiro atoms. The molecule has 1 amide bonds. The smallest absolute Gasteiger partial charge is 0.255 e. The minimum Gasteiger partial charge on any atom is -0.497 e. The van der Waals surface area contributed by atoms with Gasteiger partial charge in [-0.05, 0) is 48.4 Å². The first-order valence-corrected chi connectivity index (χ1v) is 9.35. The summed E-state index contributed by atoms with van der Waals surface area (Å²) in [7, 11) is 1.61. The summed E-state index contributed by atoms with van der Waals surface area (Å²) in [5.41, 5.74) is 2.96. The van der Waals surface area contributed by atoms with E-state index >= 15 is 0 Å². The number of methoxy groups -OCH3 is 1. The van der Waals surface area contributed by atoms with Crippen LogP contribution in [0, 0.1) is 12.7 Å². The average molecular weight is 392 g/mol. The molecule has 5 nitrogen and oxygen atoms in total. The number of pyridine rings is 1. The quantitative estimate of drug-likeness (QED) is 0.627. The number of aromatic nitrogens is 1. The third kappa shape index (κ3) is 3.92. The minimum atomic E-state index is -0.417. The third-order valence-corrected chi connectivity index (χ3v) is 5.03. The SMILES string of the molecule is COc1ccc(C(COc2cccc(C)n2)N2Cc3ccc(F)cc3C2=O)cc1. The van der Waals surface area contributed by atoms with Crippen LogP contribution in [0.1, 0.15) is 33.2 Å². The lowest BCUT2D eigenvalue weighted by Crippen LogP contribution is -2.33. The molecule has 0 saturated carbocycles. The summed E-state index contributed by atoms with van der Waals surface area (Å²) in [6.45, 7) is 2.52. The first-order chi connectivity index (χ1) is 14.0. The van der Waals surface area contributed by atoms with Crippen LogP contribution in [0.15, 0.2) is 60.7 Å². The molecule has 2 heterocycles. The lowest BCUT2D eigenvalue weighted by molar-refractivity contribution is 0.0631. The van der Waals surface area contributed by atoms with Gasteiger partial charge in [0.1, 0.15) is 18.2 Å². The molecule has 1 aromatic heterocycles. The van der Waals surface area contributed by atoms with Crippen LogP contribution in [0.3, 0.4) is 0 Å². The maximum Gasteiger partial charge on any atom is 0.255 e. The molecule has 1 aliphatic heterocycles. The van der Waals surface area contributed by atoms with Gasteiger partial charge in [0.05, 0.1) is 13.2 Å². The molecule has 0 saturated heterocycles. The van der Waals surface area contributed by atoms with E-state index < -0.39 is 5.82 Å². The summed E-state index contributed by atoms with van der Waals surface area (Å²) in [5.74, 6) is 0.604. The Balaban J connectivity index is 1.63. The van der Waals surface area contributed by atoms with Crippen molar-refractivity contribution in [1.29, 1.82) is 0 Å². The molecule has 0 fully saturated rings. The number of carbonyl (C=O) groups is 1. The number of halogens is 1. The Kier molecular flexibility index (Phi) is 5.16. The predicted octanol–water partition coefficient (Wildman–Crippen LogP) is 4.31. The van der Waals surface area contributed by atoms with Crippen LogP contribution < -0.4 is 9.47 Å². The number of hydrogen-bond donors (Lipinski definition) is 0. The lowest BCUT2D eigenvalue weighted by Gasteiger charge is -2.28. The van der Waals surface area contributed by atoms with Crippen LogP contribution in [-0.4, -0.2) is 29.5 Å². The van der Waals surface area contributed by atoms with E-state index in [9.17, 15) is 9.18 Å². The fraction of sp³-hybridized carbons (Fsp3) is 0.217. The Labute approximate surface area is 168 Å². The Morgan fingerprint density at radius 1 is 1.14 bits per heavy atom. The second-order valence-electron chi connectivity index (χ2n) is 6.95. The van der Waals surface area contributed by atoms with Crippen LogP contribution in [0.25, 0.3) is 0 Å². The molecule has 0 N–H and O–H groups in total. The molecule has 2 aromatic carbocycles. The van der Waals surface area contributed by atoms with Crippen molar-refractivity contribution in [3.05, 3.63) is 88.9 Å². The van der Waals surface area contributed by atoms with E-state index in [4.69, 9.17) is 9.47 Å². The number of amides is 1. The van der Waals surface area contributed by atoms with Crippen molar-refractivity contribution < 1.29 is 18.7 Å². The molecule has 0 bridgehead atoms. The Morgan fingerprint density at radius 3 is 2.66 bits per heavy atom. The number of ether oxygens (including phenoxy) is 2. The van der Waals surface area contributed by atoms with Gasteiger partial charge >= 0.3 is 0 Å². The number of aryl methyl sites for hydroxylation is 1. The van der Waals surface area contributed by atoms with E-state index in [-0.39, 0.29) is 18.6 Å². The number of rotatable bonds is 6. The van der Waals surface area contributed by atoms with Crippen molar-refractivity contribution in [1.82, 2.24) is 9.88 Å². The highest BCUT2D eigenvalue weighted by molar-refractivity contribution is 5.98. The molecule has 0 aliphatic carbocycles. The Bertz CT molecular complexity index is 1040. The van der Waals surface area contributed by atoms with Crippen molar-refractivity contribution in [2.75, 3.05) is 13.7 Å². The van der Waals surface area contributed by atoms with Gasteiger partial charge < -0.3 is 14.4 Å². The summed E-state index contributed by atoms with van der Waals surface area (Å²) in [5, 5.41) is 0. The summed E-state index contributed by atoms with van der Waals surface area (Å²) in [6.07, 6.45) is 0. The van der Waals surface area contributed by atoms with Crippen molar-refractivity contribution in [2.24, 2.45) is 0 Å². The monoisotopic (exact) mass is 392 g/mol. The van der Waals surface area contributed by atoms with E-state index in [2.05, 4.69) is 4.98 Å². The molecular formula is C23H21FN2O3. The van der Waals surface area contributed by atoms with E-state index in [1.165, 1.54) is 12.1 Å². The number of hydrogen-bond acceptors (Lipinski definition) is 4. The molecule has 29 heavy (non-hydrogen) atoms. The minimum absolute atomic E-state index is 0.207. The highest BCUT2D eigenvalue weighted by Crippen LogP contribution is 2.33. The predicted molar refractivity (Wildman–Crippen MR) is 106 cm³/mol. The van der Waals surface area contributed by atoms with Crippen molar-refractivity contribution in [3.63, 3.8) is 0 Å². The molecule has 3 aromatic rings. The van der Waals surface area contributed by atoms with Crippen LogP contribution in [0.2, 0.25) is 0 Å². The maximum atomic E-state index is 13.7. The summed E-state index contributed by atoms with van der Waals surface area (Å²) < 4.78 is 24.8. The average Bonchev–Trinajstić information content (AvgIpc) is 3.05. The van der Waals surface area contributed by atoms with Crippen LogP contribution in [-0.2, 0) is 6.54 Å². The first-order valence-electron chi connectivity index (χ1n) is 9.35. The molecule has 1 aliphatic rings. The van der Waals surface area contributed by atoms with E-state index in [0.717, 1.165) is 22.6 Å². The number of nitrogens with zero attached hydrogens (tertiary/aromatic N) is 2. The van der Waals surface area contributed by atoms with Gasteiger partial charge in [-0.3, -0.25) is 4.79 Å².